The Labute approximate surface area is 103 Å². The van der Waals surface area contributed by atoms with E-state index in [9.17, 15) is 0 Å². The molecule has 1 unspecified atom stereocenters. The van der Waals surface area contributed by atoms with E-state index in [4.69, 9.17) is 4.74 Å². The molecule has 17 heavy (non-hydrogen) atoms. The molecule has 2 rings (SSSR count). The minimum Gasteiger partial charge on any atom is -0.368 e. The van der Waals surface area contributed by atoms with Crippen LogP contribution in [0, 0.1) is 6.92 Å². The molecule has 0 amide bonds. The minimum atomic E-state index is 0.0616. The van der Waals surface area contributed by atoms with E-state index in [-0.39, 0.29) is 6.10 Å². The van der Waals surface area contributed by atoms with Gasteiger partial charge in [-0.1, -0.05) is 19.8 Å². The molecule has 1 aliphatic heterocycles. The second-order valence-electron chi connectivity index (χ2n) is 4.53. The first-order valence-electron chi connectivity index (χ1n) is 6.55. The molecule has 0 bridgehead atoms. The highest BCUT2D eigenvalue weighted by atomic mass is 16.5. The zero-order chi connectivity index (χ0) is 12.1. The first kappa shape index (κ1) is 12.5. The van der Waals surface area contributed by atoms with Gasteiger partial charge in [-0.05, 0) is 13.3 Å². The van der Waals surface area contributed by atoms with Gasteiger partial charge < -0.3 is 14.6 Å². The summed E-state index contributed by atoms with van der Waals surface area (Å²) in [6.45, 7) is 7.76. The lowest BCUT2D eigenvalue weighted by atomic mass is 10.2. The largest absolute Gasteiger partial charge is 0.368 e. The van der Waals surface area contributed by atoms with Crippen molar-refractivity contribution in [2.45, 2.75) is 45.8 Å². The van der Waals surface area contributed by atoms with Crippen LogP contribution in [-0.2, 0) is 11.3 Å². The lowest BCUT2D eigenvalue weighted by Gasteiger charge is -2.23. The number of nitrogens with one attached hydrogen (secondary N) is 1. The molecule has 1 aliphatic rings. The van der Waals surface area contributed by atoms with Crippen molar-refractivity contribution >= 4 is 0 Å². The van der Waals surface area contributed by atoms with Crippen LogP contribution < -0.4 is 5.32 Å². The van der Waals surface area contributed by atoms with Crippen LogP contribution in [0.5, 0.6) is 0 Å². The average molecular weight is 238 g/mol. The number of aromatic nitrogens is 3. The number of nitrogens with zero attached hydrogens (tertiary/aromatic N) is 3. The first-order chi connectivity index (χ1) is 8.33. The number of hydrogen-bond acceptors (Lipinski definition) is 4. The van der Waals surface area contributed by atoms with Gasteiger partial charge in [-0.15, -0.1) is 10.2 Å². The summed E-state index contributed by atoms with van der Waals surface area (Å²) in [7, 11) is 0. The number of morpholine rings is 1. The van der Waals surface area contributed by atoms with Crippen molar-refractivity contribution in [3.63, 3.8) is 0 Å². The molecule has 5 nitrogen and oxygen atoms in total. The smallest absolute Gasteiger partial charge is 0.163 e. The van der Waals surface area contributed by atoms with Crippen molar-refractivity contribution in [3.8, 4) is 0 Å². The van der Waals surface area contributed by atoms with Gasteiger partial charge in [0.1, 0.15) is 11.9 Å². The van der Waals surface area contributed by atoms with Crippen LogP contribution in [0.25, 0.3) is 0 Å². The fourth-order valence-electron chi connectivity index (χ4n) is 2.16. The summed E-state index contributed by atoms with van der Waals surface area (Å²) in [4.78, 5) is 0. The average Bonchev–Trinajstić information content (AvgIpc) is 2.73. The molecule has 0 spiro atoms. The van der Waals surface area contributed by atoms with E-state index in [2.05, 4.69) is 27.0 Å². The summed E-state index contributed by atoms with van der Waals surface area (Å²) in [5, 5.41) is 11.8. The highest BCUT2D eigenvalue weighted by molar-refractivity contribution is 4.99. The van der Waals surface area contributed by atoms with E-state index in [1.807, 2.05) is 6.92 Å². The van der Waals surface area contributed by atoms with Gasteiger partial charge in [0.25, 0.3) is 0 Å². The minimum absolute atomic E-state index is 0.0616. The third-order valence-corrected chi connectivity index (χ3v) is 3.17. The van der Waals surface area contributed by atoms with Crippen LogP contribution in [0.15, 0.2) is 0 Å². The van der Waals surface area contributed by atoms with Crippen molar-refractivity contribution in [1.82, 2.24) is 20.1 Å². The molecule has 0 radical (unpaired) electrons. The maximum atomic E-state index is 5.74. The second-order valence-corrected chi connectivity index (χ2v) is 4.53. The molecule has 96 valence electrons. The number of rotatable bonds is 5. The van der Waals surface area contributed by atoms with Crippen molar-refractivity contribution in [2.75, 3.05) is 19.7 Å². The Bertz CT molecular complexity index is 344. The summed E-state index contributed by atoms with van der Waals surface area (Å²) in [6.07, 6.45) is 3.73. The van der Waals surface area contributed by atoms with Crippen LogP contribution in [0.1, 0.15) is 43.9 Å². The molecule has 1 fully saturated rings. The molecule has 1 saturated heterocycles. The topological polar surface area (TPSA) is 52.0 Å². The normalized spacial score (nSPS) is 20.7. The highest BCUT2D eigenvalue weighted by Crippen LogP contribution is 2.18. The summed E-state index contributed by atoms with van der Waals surface area (Å²) >= 11 is 0. The van der Waals surface area contributed by atoms with Crippen LogP contribution in [0.2, 0.25) is 0 Å². The molecule has 5 heteroatoms. The van der Waals surface area contributed by atoms with Gasteiger partial charge in [-0.3, -0.25) is 0 Å². The molecule has 1 atom stereocenters. The molecule has 1 aromatic rings. The summed E-state index contributed by atoms with van der Waals surface area (Å²) in [6, 6.07) is 0. The predicted octanol–water partition coefficient (Wildman–Crippen LogP) is 1.44. The maximum absolute atomic E-state index is 5.74. The van der Waals surface area contributed by atoms with Crippen LogP contribution in [0.3, 0.4) is 0 Å². The molecule has 0 saturated carbocycles. The Morgan fingerprint density at radius 3 is 3.00 bits per heavy atom. The number of aryl methyl sites for hydroxylation is 1. The van der Waals surface area contributed by atoms with Gasteiger partial charge in [0, 0.05) is 19.6 Å². The molecular weight excluding hydrogens is 216 g/mol. The molecule has 0 aromatic carbocycles. The lowest BCUT2D eigenvalue weighted by molar-refractivity contribution is 0.0196. The molecular formula is C12H22N4O. The quantitative estimate of drug-likeness (QED) is 0.789. The Morgan fingerprint density at radius 2 is 2.29 bits per heavy atom. The van der Waals surface area contributed by atoms with Crippen molar-refractivity contribution < 1.29 is 4.74 Å². The van der Waals surface area contributed by atoms with Crippen molar-refractivity contribution in [1.29, 1.82) is 0 Å². The van der Waals surface area contributed by atoms with E-state index < -0.39 is 0 Å². The monoisotopic (exact) mass is 238 g/mol. The van der Waals surface area contributed by atoms with Crippen LogP contribution >= 0.6 is 0 Å². The fourth-order valence-corrected chi connectivity index (χ4v) is 2.16. The third-order valence-electron chi connectivity index (χ3n) is 3.17. The van der Waals surface area contributed by atoms with Gasteiger partial charge in [-0.25, -0.2) is 0 Å². The van der Waals surface area contributed by atoms with Crippen LogP contribution in [-0.4, -0.2) is 34.5 Å². The SMILES string of the molecule is CCCCCn1c(C)nnc1C1CNCCO1. The lowest BCUT2D eigenvalue weighted by Crippen LogP contribution is -2.34. The van der Waals surface area contributed by atoms with Gasteiger partial charge in [0.2, 0.25) is 0 Å². The first-order valence-corrected chi connectivity index (χ1v) is 6.55. The van der Waals surface area contributed by atoms with Gasteiger partial charge in [0.15, 0.2) is 5.82 Å². The van der Waals surface area contributed by atoms with Crippen LogP contribution in [0.4, 0.5) is 0 Å². The van der Waals surface area contributed by atoms with Crippen molar-refractivity contribution in [3.05, 3.63) is 11.6 Å². The van der Waals surface area contributed by atoms with Gasteiger partial charge in [0.05, 0.1) is 6.61 Å². The molecule has 0 aliphatic carbocycles. The van der Waals surface area contributed by atoms with Crippen molar-refractivity contribution in [2.24, 2.45) is 0 Å². The number of hydrogen-bond donors (Lipinski definition) is 1. The molecule has 1 N–H and O–H groups in total. The molecule has 1 aromatic heterocycles. The van der Waals surface area contributed by atoms with E-state index in [0.29, 0.717) is 0 Å². The third kappa shape index (κ3) is 3.04. The van der Waals surface area contributed by atoms with E-state index >= 15 is 0 Å². The summed E-state index contributed by atoms with van der Waals surface area (Å²) < 4.78 is 7.94. The van der Waals surface area contributed by atoms with E-state index in [1.54, 1.807) is 0 Å². The van der Waals surface area contributed by atoms with Gasteiger partial charge >= 0.3 is 0 Å². The summed E-state index contributed by atoms with van der Waals surface area (Å²) in [5.74, 6) is 1.97. The van der Waals surface area contributed by atoms with E-state index in [1.165, 1.54) is 19.3 Å². The summed E-state index contributed by atoms with van der Waals surface area (Å²) in [5.41, 5.74) is 0. The predicted molar refractivity (Wildman–Crippen MR) is 65.8 cm³/mol. The maximum Gasteiger partial charge on any atom is 0.163 e. The molecule has 2 heterocycles. The Balaban J connectivity index is 2.04. The van der Waals surface area contributed by atoms with E-state index in [0.717, 1.165) is 37.9 Å². The zero-order valence-corrected chi connectivity index (χ0v) is 10.8. The Hall–Kier alpha value is -0.940. The Morgan fingerprint density at radius 1 is 1.41 bits per heavy atom. The standard InChI is InChI=1S/C12H22N4O/c1-3-4-5-7-16-10(2)14-15-12(16)11-9-13-6-8-17-11/h11,13H,3-9H2,1-2H3. The Kier molecular flexibility index (Phi) is 4.50. The zero-order valence-electron chi connectivity index (χ0n) is 10.8. The highest BCUT2D eigenvalue weighted by Gasteiger charge is 2.22. The number of ether oxygens (including phenoxy) is 1. The fraction of sp³-hybridized carbons (Fsp3) is 0.833. The number of unbranched alkanes of at least 4 members (excludes halogenated alkanes) is 2. The second kappa shape index (κ2) is 6.12. The van der Waals surface area contributed by atoms with Gasteiger partial charge in [-0.2, -0.15) is 0 Å².